The lowest BCUT2D eigenvalue weighted by Crippen LogP contribution is -2.37. The maximum absolute atomic E-state index is 12.0. The molecule has 2 atom stereocenters. The summed E-state index contributed by atoms with van der Waals surface area (Å²) in [7, 11) is 1.38. The second kappa shape index (κ2) is 4.25. The van der Waals surface area contributed by atoms with E-state index in [9.17, 15) is 4.79 Å². The number of ether oxygens (including phenoxy) is 2. The Labute approximate surface area is 112 Å². The van der Waals surface area contributed by atoms with Crippen molar-refractivity contribution in [1.82, 2.24) is 0 Å². The van der Waals surface area contributed by atoms with Gasteiger partial charge in [0.25, 0.3) is 0 Å². The van der Waals surface area contributed by atoms with Gasteiger partial charge in [0, 0.05) is 5.02 Å². The first-order valence-electron chi connectivity index (χ1n) is 5.93. The van der Waals surface area contributed by atoms with Crippen LogP contribution in [0.15, 0.2) is 24.3 Å². The van der Waals surface area contributed by atoms with Gasteiger partial charge in [-0.2, -0.15) is 0 Å². The largest absolute Gasteiger partial charge is 0.467 e. The van der Waals surface area contributed by atoms with Gasteiger partial charge in [-0.3, -0.25) is 0 Å². The van der Waals surface area contributed by atoms with Crippen LogP contribution in [0.25, 0.3) is 0 Å². The van der Waals surface area contributed by atoms with Crippen LogP contribution in [-0.4, -0.2) is 18.7 Å². The molecule has 1 aliphatic heterocycles. The topological polar surface area (TPSA) is 38.8 Å². The Hall–Kier alpha value is -1.06. The number of rotatable bonds is 3. The number of carbonyl (C=O) groups is 1. The summed E-state index contributed by atoms with van der Waals surface area (Å²) in [5, 5.41) is 0.631. The molecule has 1 heterocycles. The van der Waals surface area contributed by atoms with Gasteiger partial charge in [0.05, 0.1) is 7.11 Å². The van der Waals surface area contributed by atoms with Crippen molar-refractivity contribution in [2.45, 2.75) is 32.0 Å². The zero-order valence-electron chi connectivity index (χ0n) is 11.0. The molecule has 0 aromatic heterocycles. The van der Waals surface area contributed by atoms with Crippen LogP contribution >= 0.6 is 11.6 Å². The predicted octanol–water partition coefficient (Wildman–Crippen LogP) is 3.15. The molecule has 2 unspecified atom stereocenters. The van der Waals surface area contributed by atoms with Crippen molar-refractivity contribution in [2.24, 2.45) is 5.92 Å². The van der Waals surface area contributed by atoms with Crippen LogP contribution in [0.3, 0.4) is 0 Å². The molecule has 18 heavy (non-hydrogen) atoms. The summed E-state index contributed by atoms with van der Waals surface area (Å²) in [4.78, 5) is 12.0. The molecule has 0 saturated carbocycles. The summed E-state index contributed by atoms with van der Waals surface area (Å²) in [5.74, 6) is -0.311. The van der Waals surface area contributed by atoms with Gasteiger partial charge in [-0.05, 0) is 30.5 Å². The SMILES string of the molecule is COC(=O)C1(C(C)C)OC1(C)c1cccc(Cl)c1. The summed E-state index contributed by atoms with van der Waals surface area (Å²) in [6, 6.07) is 7.40. The molecule has 0 spiro atoms. The average Bonchev–Trinajstić information content (AvgIpc) is 2.98. The van der Waals surface area contributed by atoms with E-state index in [1.807, 2.05) is 39.0 Å². The van der Waals surface area contributed by atoms with E-state index in [-0.39, 0.29) is 11.9 Å². The molecule has 0 amide bonds. The number of benzene rings is 1. The van der Waals surface area contributed by atoms with Crippen LogP contribution in [0.4, 0.5) is 0 Å². The Morgan fingerprint density at radius 1 is 1.44 bits per heavy atom. The van der Waals surface area contributed by atoms with Gasteiger partial charge in [0.15, 0.2) is 0 Å². The van der Waals surface area contributed by atoms with Gasteiger partial charge in [0.2, 0.25) is 5.60 Å². The number of methoxy groups -OCH3 is 1. The predicted molar refractivity (Wildman–Crippen MR) is 69.5 cm³/mol. The molecule has 1 aromatic rings. The lowest BCUT2D eigenvalue weighted by Gasteiger charge is -2.18. The molecule has 98 valence electrons. The van der Waals surface area contributed by atoms with Crippen molar-refractivity contribution in [3.05, 3.63) is 34.9 Å². The smallest absolute Gasteiger partial charge is 0.341 e. The molecule has 0 aliphatic carbocycles. The minimum absolute atomic E-state index is 0.0222. The van der Waals surface area contributed by atoms with Crippen LogP contribution < -0.4 is 0 Å². The first kappa shape index (κ1) is 13.4. The minimum Gasteiger partial charge on any atom is -0.467 e. The van der Waals surface area contributed by atoms with Crippen molar-refractivity contribution in [2.75, 3.05) is 7.11 Å². The van der Waals surface area contributed by atoms with E-state index in [4.69, 9.17) is 21.1 Å². The van der Waals surface area contributed by atoms with Gasteiger partial charge in [-0.25, -0.2) is 4.79 Å². The normalized spacial score (nSPS) is 30.3. The molecule has 0 radical (unpaired) electrons. The fourth-order valence-electron chi connectivity index (χ4n) is 2.65. The second-order valence-electron chi connectivity index (χ2n) is 5.03. The molecule has 1 fully saturated rings. The fourth-order valence-corrected chi connectivity index (χ4v) is 2.84. The number of esters is 1. The average molecular weight is 269 g/mol. The molecule has 2 rings (SSSR count). The third-order valence-corrected chi connectivity index (χ3v) is 3.94. The maximum Gasteiger partial charge on any atom is 0.341 e. The van der Waals surface area contributed by atoms with E-state index in [1.165, 1.54) is 7.11 Å². The van der Waals surface area contributed by atoms with Crippen LogP contribution in [0.1, 0.15) is 26.3 Å². The van der Waals surface area contributed by atoms with Gasteiger partial charge in [0.1, 0.15) is 5.60 Å². The van der Waals surface area contributed by atoms with Crippen molar-refractivity contribution < 1.29 is 14.3 Å². The van der Waals surface area contributed by atoms with Crippen LogP contribution in [-0.2, 0) is 19.9 Å². The van der Waals surface area contributed by atoms with E-state index >= 15 is 0 Å². The van der Waals surface area contributed by atoms with Crippen LogP contribution in [0.2, 0.25) is 5.02 Å². The highest BCUT2D eigenvalue weighted by Gasteiger charge is 2.75. The highest BCUT2D eigenvalue weighted by molar-refractivity contribution is 6.30. The van der Waals surface area contributed by atoms with Crippen molar-refractivity contribution in [3.63, 3.8) is 0 Å². The molecule has 0 bridgehead atoms. The van der Waals surface area contributed by atoms with E-state index in [2.05, 4.69) is 0 Å². The van der Waals surface area contributed by atoms with E-state index in [0.29, 0.717) is 5.02 Å². The highest BCUT2D eigenvalue weighted by atomic mass is 35.5. The maximum atomic E-state index is 12.0. The second-order valence-corrected chi connectivity index (χ2v) is 5.46. The number of hydrogen-bond acceptors (Lipinski definition) is 3. The zero-order chi connectivity index (χ0) is 13.6. The van der Waals surface area contributed by atoms with Gasteiger partial charge < -0.3 is 9.47 Å². The Bertz CT molecular complexity index is 486. The van der Waals surface area contributed by atoms with Gasteiger partial charge >= 0.3 is 5.97 Å². The van der Waals surface area contributed by atoms with Gasteiger partial charge in [-0.1, -0.05) is 37.6 Å². The molecule has 1 aromatic carbocycles. The fraction of sp³-hybridized carbons (Fsp3) is 0.500. The summed E-state index contributed by atoms with van der Waals surface area (Å²) >= 11 is 5.99. The quantitative estimate of drug-likeness (QED) is 0.624. The Morgan fingerprint density at radius 2 is 2.11 bits per heavy atom. The molecule has 4 heteroatoms. The summed E-state index contributed by atoms with van der Waals surface area (Å²) in [6.45, 7) is 5.80. The third kappa shape index (κ3) is 1.65. The number of hydrogen-bond donors (Lipinski definition) is 0. The lowest BCUT2D eigenvalue weighted by atomic mass is 9.80. The molecule has 1 aliphatic rings. The Balaban J connectivity index is 2.43. The number of carbonyl (C=O) groups excluding carboxylic acids is 1. The molecular weight excluding hydrogens is 252 g/mol. The summed E-state index contributed by atoms with van der Waals surface area (Å²) in [5.41, 5.74) is -0.680. The monoisotopic (exact) mass is 268 g/mol. The third-order valence-electron chi connectivity index (χ3n) is 3.71. The van der Waals surface area contributed by atoms with Crippen LogP contribution in [0.5, 0.6) is 0 Å². The molecule has 3 nitrogen and oxygen atoms in total. The van der Waals surface area contributed by atoms with Crippen molar-refractivity contribution in [3.8, 4) is 0 Å². The van der Waals surface area contributed by atoms with E-state index in [0.717, 1.165) is 5.56 Å². The van der Waals surface area contributed by atoms with Crippen molar-refractivity contribution in [1.29, 1.82) is 0 Å². The first-order valence-corrected chi connectivity index (χ1v) is 6.31. The van der Waals surface area contributed by atoms with Crippen molar-refractivity contribution >= 4 is 17.6 Å². The molecule has 0 N–H and O–H groups in total. The van der Waals surface area contributed by atoms with Crippen LogP contribution in [0, 0.1) is 5.92 Å². The summed E-state index contributed by atoms with van der Waals surface area (Å²) in [6.07, 6.45) is 0. The van der Waals surface area contributed by atoms with E-state index < -0.39 is 11.2 Å². The van der Waals surface area contributed by atoms with Gasteiger partial charge in [-0.15, -0.1) is 0 Å². The molecular formula is C14H17ClO3. The molecule has 1 saturated heterocycles. The Kier molecular flexibility index (Phi) is 3.16. The zero-order valence-corrected chi connectivity index (χ0v) is 11.7. The lowest BCUT2D eigenvalue weighted by molar-refractivity contribution is -0.148. The first-order chi connectivity index (χ1) is 8.38. The number of halogens is 1. The minimum atomic E-state index is -0.910. The highest BCUT2D eigenvalue weighted by Crippen LogP contribution is 2.60. The Morgan fingerprint density at radius 3 is 2.61 bits per heavy atom. The number of epoxide rings is 1. The standard InChI is InChI=1S/C14H17ClO3/c1-9(2)14(12(16)17-4)13(3,18-14)10-6-5-7-11(15)8-10/h5-9H,1-4H3. The summed E-state index contributed by atoms with van der Waals surface area (Å²) < 4.78 is 10.7. The van der Waals surface area contributed by atoms with E-state index in [1.54, 1.807) is 6.07 Å².